The first kappa shape index (κ1) is 24.7. The average molecular weight is 555 g/mol. The summed E-state index contributed by atoms with van der Waals surface area (Å²) in [6.45, 7) is 5.74. The van der Waals surface area contributed by atoms with Gasteiger partial charge in [0.05, 0.1) is 25.5 Å². The van der Waals surface area contributed by atoms with Crippen LogP contribution in [0.15, 0.2) is 39.0 Å². The van der Waals surface area contributed by atoms with E-state index in [2.05, 4.69) is 38.0 Å². The highest BCUT2D eigenvalue weighted by Crippen LogP contribution is 2.34. The van der Waals surface area contributed by atoms with Crippen molar-refractivity contribution < 1.29 is 28.3 Å². The Labute approximate surface area is 205 Å². The number of hydrogen-bond acceptors (Lipinski definition) is 10. The summed E-state index contributed by atoms with van der Waals surface area (Å²) in [5.41, 5.74) is 0.489. The van der Waals surface area contributed by atoms with Crippen molar-refractivity contribution in [3.8, 4) is 11.6 Å². The number of rotatable bonds is 9. The topological polar surface area (TPSA) is 126 Å². The molecule has 3 heterocycles. The van der Waals surface area contributed by atoms with Gasteiger partial charge in [0.2, 0.25) is 11.7 Å². The summed E-state index contributed by atoms with van der Waals surface area (Å²) >= 11 is 5.36. The third-order valence-electron chi connectivity index (χ3n) is 4.31. The number of carbonyl (C=O) groups is 3. The number of allylic oxidation sites excluding steroid dienone is 1. The van der Waals surface area contributed by atoms with Crippen molar-refractivity contribution in [2.45, 2.75) is 18.6 Å². The molecule has 0 aliphatic rings. The Kier molecular flexibility index (Phi) is 8.10. The molecule has 174 valence electrons. The number of amides is 1. The Hall–Kier alpha value is -2.90. The van der Waals surface area contributed by atoms with Crippen LogP contribution in [0.4, 0.5) is 5.00 Å². The van der Waals surface area contributed by atoms with Gasteiger partial charge in [-0.25, -0.2) is 9.59 Å². The lowest BCUT2D eigenvalue weighted by Gasteiger charge is -2.07. The number of carbonyl (C=O) groups excluding carboxylic acids is 3. The zero-order valence-corrected chi connectivity index (χ0v) is 21.1. The number of anilines is 1. The molecule has 0 aliphatic carbocycles. The second-order valence-corrected chi connectivity index (χ2v) is 9.13. The van der Waals surface area contributed by atoms with E-state index < -0.39 is 17.8 Å². The van der Waals surface area contributed by atoms with Gasteiger partial charge in [-0.1, -0.05) is 17.8 Å². The zero-order valence-electron chi connectivity index (χ0n) is 17.8. The fourth-order valence-corrected chi connectivity index (χ4v) is 5.02. The largest absolute Gasteiger partial charge is 0.465 e. The van der Waals surface area contributed by atoms with E-state index in [0.29, 0.717) is 33.5 Å². The summed E-state index contributed by atoms with van der Waals surface area (Å²) in [6, 6.07) is 3.49. The van der Waals surface area contributed by atoms with E-state index in [1.807, 2.05) is 0 Å². The number of ether oxygens (including phenoxy) is 2. The van der Waals surface area contributed by atoms with Crippen LogP contribution in [0.2, 0.25) is 0 Å². The minimum atomic E-state index is -0.665. The Morgan fingerprint density at radius 2 is 2.00 bits per heavy atom. The molecule has 0 unspecified atom stereocenters. The molecule has 0 radical (unpaired) electrons. The molecule has 1 amide bonds. The number of furan rings is 1. The number of halogens is 1. The third-order valence-corrected chi connectivity index (χ3v) is 6.89. The normalized spacial score (nSPS) is 10.7. The fourth-order valence-electron chi connectivity index (χ4n) is 2.84. The zero-order chi connectivity index (χ0) is 24.1. The van der Waals surface area contributed by atoms with E-state index in [-0.39, 0.29) is 21.2 Å². The second kappa shape index (κ2) is 10.8. The molecule has 0 fully saturated rings. The van der Waals surface area contributed by atoms with Crippen molar-refractivity contribution in [3.63, 3.8) is 0 Å². The van der Waals surface area contributed by atoms with Gasteiger partial charge < -0.3 is 19.2 Å². The van der Waals surface area contributed by atoms with Gasteiger partial charge >= 0.3 is 11.9 Å². The summed E-state index contributed by atoms with van der Waals surface area (Å²) < 4.78 is 17.4. The minimum absolute atomic E-state index is 0.0256. The maximum absolute atomic E-state index is 12.7. The molecule has 0 aliphatic heterocycles. The summed E-state index contributed by atoms with van der Waals surface area (Å²) in [6.07, 6.45) is 1.68. The Balaban J connectivity index is 1.79. The molecule has 0 bridgehead atoms. The van der Waals surface area contributed by atoms with Crippen molar-refractivity contribution in [2.75, 3.05) is 25.3 Å². The number of nitrogens with one attached hydrogen (secondary N) is 1. The lowest BCUT2D eigenvalue weighted by atomic mass is 10.1. The van der Waals surface area contributed by atoms with Gasteiger partial charge in [-0.15, -0.1) is 28.1 Å². The highest BCUT2D eigenvalue weighted by atomic mass is 79.9. The van der Waals surface area contributed by atoms with Gasteiger partial charge in [0.15, 0.2) is 15.6 Å². The van der Waals surface area contributed by atoms with E-state index in [9.17, 15) is 14.4 Å². The first-order valence-electron chi connectivity index (χ1n) is 9.33. The molecule has 0 spiro atoms. The van der Waals surface area contributed by atoms with Crippen LogP contribution in [0, 0.1) is 6.92 Å². The maximum Gasteiger partial charge on any atom is 0.348 e. The van der Waals surface area contributed by atoms with E-state index in [1.54, 1.807) is 29.7 Å². The second-order valence-electron chi connectivity index (χ2n) is 6.39. The Morgan fingerprint density at radius 1 is 1.27 bits per heavy atom. The number of thioether (sulfide) groups is 1. The number of hydrogen-bond donors (Lipinski definition) is 1. The molecule has 1 N–H and O–H groups in total. The molecular formula is C20H19BrN4O6S2. The predicted molar refractivity (Wildman–Crippen MR) is 127 cm³/mol. The van der Waals surface area contributed by atoms with Crippen LogP contribution in [-0.2, 0) is 20.8 Å². The third kappa shape index (κ3) is 5.37. The molecule has 0 saturated heterocycles. The van der Waals surface area contributed by atoms with Crippen molar-refractivity contribution in [3.05, 3.63) is 45.5 Å². The summed E-state index contributed by atoms with van der Waals surface area (Å²) in [4.78, 5) is 37.1. The van der Waals surface area contributed by atoms with E-state index >= 15 is 0 Å². The Bertz CT molecular complexity index is 1220. The number of esters is 2. The van der Waals surface area contributed by atoms with Crippen LogP contribution in [0.25, 0.3) is 11.6 Å². The smallest absolute Gasteiger partial charge is 0.348 e. The van der Waals surface area contributed by atoms with Gasteiger partial charge in [0, 0.05) is 6.54 Å². The lowest BCUT2D eigenvalue weighted by Crippen LogP contribution is -2.16. The number of thiophene rings is 1. The molecule has 3 aromatic rings. The highest BCUT2D eigenvalue weighted by Gasteiger charge is 2.27. The standard InChI is InChI=1S/C20H19BrN4O6S2/c1-5-8-25-16(11-6-7-12(21)31-11)23-24-20(25)32-9-13(26)22-17-14(18(27)29-3)10(2)15(33-17)19(28)30-4/h5-7H,1,8-9H2,2-4H3,(H,22,26). The van der Waals surface area contributed by atoms with Crippen molar-refractivity contribution in [1.29, 1.82) is 0 Å². The van der Waals surface area contributed by atoms with Gasteiger partial charge in [0.1, 0.15) is 9.88 Å². The van der Waals surface area contributed by atoms with Gasteiger partial charge in [-0.3, -0.25) is 9.36 Å². The number of nitrogens with zero attached hydrogens (tertiary/aromatic N) is 3. The molecule has 0 aromatic carbocycles. The molecule has 0 saturated carbocycles. The van der Waals surface area contributed by atoms with Crippen molar-refractivity contribution >= 4 is 61.9 Å². The molecule has 33 heavy (non-hydrogen) atoms. The van der Waals surface area contributed by atoms with Crippen molar-refractivity contribution in [2.24, 2.45) is 0 Å². The molecule has 13 heteroatoms. The molecule has 3 rings (SSSR count). The lowest BCUT2D eigenvalue weighted by molar-refractivity contribution is -0.113. The van der Waals surface area contributed by atoms with Gasteiger partial charge in [0.25, 0.3) is 0 Å². The van der Waals surface area contributed by atoms with Crippen LogP contribution in [0.1, 0.15) is 25.6 Å². The van der Waals surface area contributed by atoms with Crippen LogP contribution in [-0.4, -0.2) is 52.6 Å². The quantitative estimate of drug-likeness (QED) is 0.235. The van der Waals surface area contributed by atoms with Crippen LogP contribution in [0.3, 0.4) is 0 Å². The SMILES string of the molecule is C=CCn1c(SCC(=O)Nc2sc(C(=O)OC)c(C)c2C(=O)OC)nnc1-c1ccc(Br)o1. The molecule has 3 aromatic heterocycles. The van der Waals surface area contributed by atoms with Gasteiger partial charge in [-0.2, -0.15) is 0 Å². The first-order valence-corrected chi connectivity index (χ1v) is 11.9. The molecule has 10 nitrogen and oxygen atoms in total. The van der Waals surface area contributed by atoms with E-state index in [0.717, 1.165) is 23.1 Å². The highest BCUT2D eigenvalue weighted by molar-refractivity contribution is 9.10. The van der Waals surface area contributed by atoms with E-state index in [4.69, 9.17) is 13.9 Å². The summed E-state index contributed by atoms with van der Waals surface area (Å²) in [5.74, 6) is -0.692. The minimum Gasteiger partial charge on any atom is -0.465 e. The molecular weight excluding hydrogens is 536 g/mol. The monoisotopic (exact) mass is 554 g/mol. The van der Waals surface area contributed by atoms with Crippen LogP contribution >= 0.6 is 39.0 Å². The van der Waals surface area contributed by atoms with Crippen LogP contribution < -0.4 is 5.32 Å². The summed E-state index contributed by atoms with van der Waals surface area (Å²) in [5, 5.41) is 11.7. The first-order chi connectivity index (χ1) is 15.8. The summed E-state index contributed by atoms with van der Waals surface area (Å²) in [7, 11) is 2.46. The number of methoxy groups -OCH3 is 2. The number of aromatic nitrogens is 3. The van der Waals surface area contributed by atoms with Crippen LogP contribution in [0.5, 0.6) is 0 Å². The van der Waals surface area contributed by atoms with Gasteiger partial charge in [-0.05, 0) is 40.5 Å². The maximum atomic E-state index is 12.7. The van der Waals surface area contributed by atoms with Crippen molar-refractivity contribution in [1.82, 2.24) is 14.8 Å². The fraction of sp³-hybridized carbons (Fsp3) is 0.250. The average Bonchev–Trinajstić information content (AvgIpc) is 3.49. The predicted octanol–water partition coefficient (Wildman–Crippen LogP) is 4.16. The Morgan fingerprint density at radius 3 is 2.61 bits per heavy atom. The molecule has 0 atom stereocenters. The van der Waals surface area contributed by atoms with E-state index in [1.165, 1.54) is 14.2 Å².